The lowest BCUT2D eigenvalue weighted by Gasteiger charge is -2.06. The molecule has 116 valence electrons. The van der Waals surface area contributed by atoms with E-state index in [0.717, 1.165) is 17.3 Å². The third kappa shape index (κ3) is 3.64. The summed E-state index contributed by atoms with van der Waals surface area (Å²) in [6, 6.07) is 8.89. The average Bonchev–Trinajstić information content (AvgIpc) is 2.45. The van der Waals surface area contributed by atoms with Crippen LogP contribution in [0.1, 0.15) is 16.7 Å². The van der Waals surface area contributed by atoms with Gasteiger partial charge in [-0.25, -0.2) is 9.22 Å². The normalized spacial score (nSPS) is 11.8. The number of rotatable bonds is 4. The van der Waals surface area contributed by atoms with Gasteiger partial charge in [0, 0.05) is 5.56 Å². The smallest absolute Gasteiger partial charge is 0.206 e. The zero-order valence-corrected chi connectivity index (χ0v) is 13.5. The molecule has 0 aliphatic heterocycles. The van der Waals surface area contributed by atoms with Crippen molar-refractivity contribution in [2.75, 3.05) is 0 Å². The van der Waals surface area contributed by atoms with Crippen LogP contribution in [0.5, 0.6) is 0 Å². The fourth-order valence-electron chi connectivity index (χ4n) is 1.73. The van der Waals surface area contributed by atoms with Crippen LogP contribution >= 0.6 is 11.6 Å². The monoisotopic (exact) mass is 340 g/mol. The van der Waals surface area contributed by atoms with Crippen LogP contribution in [0.4, 0.5) is 4.39 Å². The molecule has 0 amide bonds. The summed E-state index contributed by atoms with van der Waals surface area (Å²) in [5.74, 6) is -0.582. The fourth-order valence-corrected chi connectivity index (χ4v) is 2.82. The van der Waals surface area contributed by atoms with Crippen molar-refractivity contribution in [3.63, 3.8) is 0 Å². The highest BCUT2D eigenvalue weighted by atomic mass is 35.5. The van der Waals surface area contributed by atoms with Gasteiger partial charge in [-0.1, -0.05) is 23.7 Å². The molecule has 7 heteroatoms. The van der Waals surface area contributed by atoms with Gasteiger partial charge in [-0.2, -0.15) is 13.5 Å². The quantitative estimate of drug-likeness (QED) is 0.685. The molecule has 0 atom stereocenters. The van der Waals surface area contributed by atoms with E-state index < -0.39 is 15.8 Å². The maximum atomic E-state index is 13.5. The third-order valence-electron chi connectivity index (χ3n) is 3.15. The molecule has 0 aliphatic carbocycles. The second kappa shape index (κ2) is 6.46. The summed E-state index contributed by atoms with van der Waals surface area (Å²) in [4.78, 5) is 2.13. The molecule has 0 saturated carbocycles. The second-order valence-corrected chi connectivity index (χ2v) is 6.80. The van der Waals surface area contributed by atoms with Gasteiger partial charge in [-0.3, -0.25) is 0 Å². The van der Waals surface area contributed by atoms with Crippen molar-refractivity contribution in [2.45, 2.75) is 18.7 Å². The zero-order valence-electron chi connectivity index (χ0n) is 12.0. The number of halogens is 2. The van der Waals surface area contributed by atoms with Crippen LogP contribution in [-0.2, 0) is 10.0 Å². The van der Waals surface area contributed by atoms with Gasteiger partial charge >= 0.3 is 0 Å². The van der Waals surface area contributed by atoms with Crippen LogP contribution in [0.2, 0.25) is 5.02 Å². The Kier molecular flexibility index (Phi) is 4.83. The van der Waals surface area contributed by atoms with E-state index in [9.17, 15) is 12.8 Å². The molecule has 2 rings (SSSR count). The van der Waals surface area contributed by atoms with Crippen molar-refractivity contribution < 1.29 is 12.8 Å². The van der Waals surface area contributed by atoms with Gasteiger partial charge < -0.3 is 0 Å². The maximum Gasteiger partial charge on any atom is 0.276 e. The maximum absolute atomic E-state index is 13.5. The van der Waals surface area contributed by atoms with E-state index in [4.69, 9.17) is 11.6 Å². The Balaban J connectivity index is 2.23. The van der Waals surface area contributed by atoms with Crippen LogP contribution in [0.3, 0.4) is 0 Å². The number of aryl methyl sites for hydroxylation is 2. The number of nitrogens with one attached hydrogen (secondary N) is 1. The summed E-state index contributed by atoms with van der Waals surface area (Å²) in [7, 11) is -3.81. The summed E-state index contributed by atoms with van der Waals surface area (Å²) < 4.78 is 37.7. The van der Waals surface area contributed by atoms with Crippen molar-refractivity contribution in [3.05, 3.63) is 63.9 Å². The summed E-state index contributed by atoms with van der Waals surface area (Å²) in [5.41, 5.74) is 1.86. The average molecular weight is 341 g/mol. The summed E-state index contributed by atoms with van der Waals surface area (Å²) in [5, 5.41) is 3.72. The Morgan fingerprint density at radius 3 is 2.55 bits per heavy atom. The summed E-state index contributed by atoms with van der Waals surface area (Å²) in [6.45, 7) is 3.70. The Bertz CT molecular complexity index is 815. The van der Waals surface area contributed by atoms with Crippen LogP contribution < -0.4 is 4.83 Å². The molecule has 22 heavy (non-hydrogen) atoms. The first-order chi connectivity index (χ1) is 10.3. The van der Waals surface area contributed by atoms with Crippen molar-refractivity contribution in [2.24, 2.45) is 5.10 Å². The molecule has 1 N–H and O–H groups in total. The molecule has 0 heterocycles. The van der Waals surface area contributed by atoms with Gasteiger partial charge in [0.05, 0.1) is 16.1 Å². The number of sulfonamides is 1. The lowest BCUT2D eigenvalue weighted by molar-refractivity contribution is 0.584. The first-order valence-corrected chi connectivity index (χ1v) is 8.23. The van der Waals surface area contributed by atoms with Crippen molar-refractivity contribution in [3.8, 4) is 0 Å². The highest BCUT2D eigenvalue weighted by Crippen LogP contribution is 2.17. The number of hydrogen-bond acceptors (Lipinski definition) is 3. The first kappa shape index (κ1) is 16.5. The minimum Gasteiger partial charge on any atom is -0.206 e. The second-order valence-electron chi connectivity index (χ2n) is 4.73. The molecule has 0 fully saturated rings. The van der Waals surface area contributed by atoms with Gasteiger partial charge in [0.15, 0.2) is 0 Å². The molecule has 0 aliphatic rings. The molecular formula is C15H14ClFN2O2S. The summed E-state index contributed by atoms with van der Waals surface area (Å²) >= 11 is 5.83. The van der Waals surface area contributed by atoms with E-state index in [0.29, 0.717) is 0 Å². The van der Waals surface area contributed by atoms with E-state index >= 15 is 0 Å². The van der Waals surface area contributed by atoms with Crippen LogP contribution in [-0.4, -0.2) is 14.6 Å². The largest absolute Gasteiger partial charge is 0.276 e. The van der Waals surface area contributed by atoms with E-state index in [1.54, 1.807) is 12.1 Å². The van der Waals surface area contributed by atoms with E-state index in [1.165, 1.54) is 24.3 Å². The topological polar surface area (TPSA) is 58.5 Å². The highest BCUT2D eigenvalue weighted by molar-refractivity contribution is 7.89. The molecule has 0 radical (unpaired) electrons. The standard InChI is InChI=1S/C15H14ClFN2O2S/c1-10-6-7-12(8-11(10)2)22(20,21)19-18-9-13-14(16)4-3-5-15(13)17/h3-9,19H,1-2H3/b18-9+. The fraction of sp³-hybridized carbons (Fsp3) is 0.133. The molecule has 0 spiro atoms. The Hall–Kier alpha value is -1.92. The van der Waals surface area contributed by atoms with Gasteiger partial charge in [0.1, 0.15) is 5.82 Å². The number of nitrogens with zero attached hydrogens (tertiary/aromatic N) is 1. The van der Waals surface area contributed by atoms with Gasteiger partial charge in [0.2, 0.25) is 0 Å². The van der Waals surface area contributed by atoms with E-state index in [2.05, 4.69) is 5.10 Å². The van der Waals surface area contributed by atoms with E-state index in [1.807, 2.05) is 18.7 Å². The molecule has 0 aromatic heterocycles. The lowest BCUT2D eigenvalue weighted by atomic mass is 10.1. The predicted octanol–water partition coefficient (Wildman–Crippen LogP) is 3.41. The summed E-state index contributed by atoms with van der Waals surface area (Å²) in [6.07, 6.45) is 1.04. The lowest BCUT2D eigenvalue weighted by Crippen LogP contribution is -2.18. The van der Waals surface area contributed by atoms with Crippen LogP contribution in [0, 0.1) is 19.7 Å². The van der Waals surface area contributed by atoms with Gasteiger partial charge in [-0.05, 0) is 49.2 Å². The SMILES string of the molecule is Cc1ccc(S(=O)(=O)N/N=C/c2c(F)cccc2Cl)cc1C. The van der Waals surface area contributed by atoms with Gasteiger partial charge in [-0.15, -0.1) is 0 Å². The molecule has 4 nitrogen and oxygen atoms in total. The van der Waals surface area contributed by atoms with Crippen molar-refractivity contribution in [1.29, 1.82) is 0 Å². The number of hydrazone groups is 1. The minimum absolute atomic E-state index is 0.0203. The van der Waals surface area contributed by atoms with E-state index in [-0.39, 0.29) is 15.5 Å². The van der Waals surface area contributed by atoms with Crippen molar-refractivity contribution in [1.82, 2.24) is 4.83 Å². The van der Waals surface area contributed by atoms with Gasteiger partial charge in [0.25, 0.3) is 10.0 Å². The molecule has 2 aromatic carbocycles. The highest BCUT2D eigenvalue weighted by Gasteiger charge is 2.13. The first-order valence-electron chi connectivity index (χ1n) is 6.37. The molecule has 0 unspecified atom stereocenters. The number of benzene rings is 2. The molecule has 0 saturated heterocycles. The zero-order chi connectivity index (χ0) is 16.3. The Morgan fingerprint density at radius 1 is 1.18 bits per heavy atom. The Morgan fingerprint density at radius 2 is 1.91 bits per heavy atom. The molecule has 0 bridgehead atoms. The minimum atomic E-state index is -3.81. The van der Waals surface area contributed by atoms with Crippen molar-refractivity contribution >= 4 is 27.8 Å². The molecule has 2 aromatic rings. The Labute approximate surface area is 133 Å². The third-order valence-corrected chi connectivity index (χ3v) is 4.70. The predicted molar refractivity (Wildman–Crippen MR) is 85.2 cm³/mol. The van der Waals surface area contributed by atoms with Crippen LogP contribution in [0.15, 0.2) is 46.4 Å². The molecular weight excluding hydrogens is 327 g/mol. The van der Waals surface area contributed by atoms with Crippen LogP contribution in [0.25, 0.3) is 0 Å². The number of hydrogen-bond donors (Lipinski definition) is 1.